The maximum Gasteiger partial charge on any atom is 0.326 e. The standard InChI is InChI=1S/C18H17N5O2/c1-10-11(2)21-16-9-14(7-8-15(16)20-10)22-18(25)23-17(24)12-3-5-13(19)6-4-12/h3-9H,19H2,1-2H3,(H2,22,23,24,25). The Hall–Kier alpha value is -3.48. The summed E-state index contributed by atoms with van der Waals surface area (Å²) in [5.41, 5.74) is 10.1. The van der Waals surface area contributed by atoms with Crippen molar-refractivity contribution in [1.82, 2.24) is 15.3 Å². The van der Waals surface area contributed by atoms with Gasteiger partial charge in [-0.2, -0.15) is 0 Å². The van der Waals surface area contributed by atoms with Crippen LogP contribution in [0.25, 0.3) is 11.0 Å². The maximum atomic E-state index is 12.0. The van der Waals surface area contributed by atoms with Gasteiger partial charge in [0.1, 0.15) is 0 Å². The Labute approximate surface area is 144 Å². The largest absolute Gasteiger partial charge is 0.399 e. The SMILES string of the molecule is Cc1nc2ccc(NC(=O)NC(=O)c3ccc(N)cc3)cc2nc1C. The molecule has 0 saturated carbocycles. The molecule has 2 aromatic carbocycles. The molecule has 3 rings (SSSR count). The molecular formula is C18H17N5O2. The van der Waals surface area contributed by atoms with Crippen molar-refractivity contribution in [1.29, 1.82) is 0 Å². The molecule has 0 aliphatic heterocycles. The molecule has 1 aromatic heterocycles. The van der Waals surface area contributed by atoms with Crippen molar-refractivity contribution >= 4 is 34.3 Å². The maximum absolute atomic E-state index is 12.0. The summed E-state index contributed by atoms with van der Waals surface area (Å²) in [7, 11) is 0. The lowest BCUT2D eigenvalue weighted by molar-refractivity contribution is 0.0967. The normalized spacial score (nSPS) is 10.5. The average molecular weight is 335 g/mol. The van der Waals surface area contributed by atoms with E-state index in [9.17, 15) is 9.59 Å². The summed E-state index contributed by atoms with van der Waals surface area (Å²) in [6, 6.07) is 10.9. The number of aryl methyl sites for hydroxylation is 2. The summed E-state index contributed by atoms with van der Waals surface area (Å²) in [6.07, 6.45) is 0. The zero-order valence-corrected chi connectivity index (χ0v) is 13.8. The minimum absolute atomic E-state index is 0.347. The van der Waals surface area contributed by atoms with Crippen molar-refractivity contribution < 1.29 is 9.59 Å². The number of rotatable bonds is 2. The lowest BCUT2D eigenvalue weighted by Gasteiger charge is -2.08. The van der Waals surface area contributed by atoms with Gasteiger partial charge in [0, 0.05) is 16.9 Å². The summed E-state index contributed by atoms with van der Waals surface area (Å²) in [5.74, 6) is -0.510. The van der Waals surface area contributed by atoms with E-state index in [-0.39, 0.29) is 0 Å². The van der Waals surface area contributed by atoms with E-state index in [0.717, 1.165) is 16.9 Å². The molecule has 0 atom stereocenters. The van der Waals surface area contributed by atoms with Gasteiger partial charge < -0.3 is 11.1 Å². The van der Waals surface area contributed by atoms with Gasteiger partial charge in [-0.05, 0) is 56.3 Å². The van der Waals surface area contributed by atoms with E-state index in [1.165, 1.54) is 0 Å². The molecule has 0 aliphatic carbocycles. The molecule has 0 unspecified atom stereocenters. The second-order valence-corrected chi connectivity index (χ2v) is 5.63. The quantitative estimate of drug-likeness (QED) is 0.624. The highest BCUT2D eigenvalue weighted by molar-refractivity contribution is 6.08. The second kappa shape index (κ2) is 6.56. The third-order valence-corrected chi connectivity index (χ3v) is 3.73. The number of fused-ring (bicyclic) bond motifs is 1. The van der Waals surface area contributed by atoms with Crippen LogP contribution in [-0.4, -0.2) is 21.9 Å². The molecule has 0 bridgehead atoms. The molecule has 7 heteroatoms. The summed E-state index contributed by atoms with van der Waals surface area (Å²) in [4.78, 5) is 32.9. The number of urea groups is 1. The van der Waals surface area contributed by atoms with Crippen LogP contribution in [0.15, 0.2) is 42.5 Å². The van der Waals surface area contributed by atoms with Crippen molar-refractivity contribution in [2.45, 2.75) is 13.8 Å². The number of nitrogens with zero attached hydrogens (tertiary/aromatic N) is 2. The van der Waals surface area contributed by atoms with Crippen LogP contribution in [0.1, 0.15) is 21.7 Å². The van der Waals surface area contributed by atoms with Crippen LogP contribution in [-0.2, 0) is 0 Å². The van der Waals surface area contributed by atoms with Gasteiger partial charge in [-0.25, -0.2) is 14.8 Å². The molecule has 0 radical (unpaired) electrons. The van der Waals surface area contributed by atoms with Crippen molar-refractivity contribution in [2.75, 3.05) is 11.1 Å². The lowest BCUT2D eigenvalue weighted by Crippen LogP contribution is -2.34. The van der Waals surface area contributed by atoms with Crippen LogP contribution in [0.2, 0.25) is 0 Å². The Kier molecular flexibility index (Phi) is 4.30. The number of amides is 3. The van der Waals surface area contributed by atoms with Crippen LogP contribution in [0, 0.1) is 13.8 Å². The first-order valence-electron chi connectivity index (χ1n) is 7.65. The van der Waals surface area contributed by atoms with Crippen LogP contribution >= 0.6 is 0 Å². The van der Waals surface area contributed by atoms with Gasteiger partial charge in [0.05, 0.1) is 22.4 Å². The summed E-state index contributed by atoms with van der Waals surface area (Å²) < 4.78 is 0. The Morgan fingerprint density at radius 2 is 1.56 bits per heavy atom. The number of imide groups is 1. The molecular weight excluding hydrogens is 318 g/mol. The van der Waals surface area contributed by atoms with E-state index in [4.69, 9.17) is 5.73 Å². The minimum Gasteiger partial charge on any atom is -0.399 e. The second-order valence-electron chi connectivity index (χ2n) is 5.63. The molecule has 25 heavy (non-hydrogen) atoms. The first kappa shape index (κ1) is 16.4. The smallest absolute Gasteiger partial charge is 0.326 e. The van der Waals surface area contributed by atoms with E-state index in [1.807, 2.05) is 13.8 Å². The van der Waals surface area contributed by atoms with Crippen LogP contribution in [0.4, 0.5) is 16.2 Å². The number of carbonyl (C=O) groups is 2. The zero-order chi connectivity index (χ0) is 18.0. The van der Waals surface area contributed by atoms with Gasteiger partial charge in [-0.15, -0.1) is 0 Å². The van der Waals surface area contributed by atoms with Crippen molar-refractivity contribution in [3.05, 3.63) is 59.4 Å². The third-order valence-electron chi connectivity index (χ3n) is 3.73. The van der Waals surface area contributed by atoms with E-state index in [2.05, 4.69) is 20.6 Å². The van der Waals surface area contributed by atoms with Gasteiger partial charge >= 0.3 is 6.03 Å². The average Bonchev–Trinajstić information content (AvgIpc) is 2.56. The first-order chi connectivity index (χ1) is 11.9. The lowest BCUT2D eigenvalue weighted by atomic mass is 10.2. The fourth-order valence-corrected chi connectivity index (χ4v) is 2.28. The number of benzene rings is 2. The van der Waals surface area contributed by atoms with Crippen LogP contribution in [0.3, 0.4) is 0 Å². The minimum atomic E-state index is -0.627. The molecule has 0 aliphatic rings. The summed E-state index contributed by atoms with van der Waals surface area (Å²) in [6.45, 7) is 3.77. The predicted molar refractivity (Wildman–Crippen MR) is 96.4 cm³/mol. The van der Waals surface area contributed by atoms with Gasteiger partial charge in [0.15, 0.2) is 0 Å². The third kappa shape index (κ3) is 3.72. The number of nitrogen functional groups attached to an aromatic ring is 1. The number of anilines is 2. The number of carbonyl (C=O) groups excluding carboxylic acids is 2. The van der Waals surface area contributed by atoms with E-state index in [1.54, 1.807) is 42.5 Å². The number of hydrogen-bond acceptors (Lipinski definition) is 5. The van der Waals surface area contributed by atoms with Crippen LogP contribution in [0.5, 0.6) is 0 Å². The van der Waals surface area contributed by atoms with E-state index in [0.29, 0.717) is 22.5 Å². The van der Waals surface area contributed by atoms with Crippen molar-refractivity contribution in [3.63, 3.8) is 0 Å². The zero-order valence-electron chi connectivity index (χ0n) is 13.8. The Morgan fingerprint density at radius 3 is 2.24 bits per heavy atom. The van der Waals surface area contributed by atoms with Crippen LogP contribution < -0.4 is 16.4 Å². The van der Waals surface area contributed by atoms with Crippen molar-refractivity contribution in [2.24, 2.45) is 0 Å². The summed E-state index contributed by atoms with van der Waals surface area (Å²) in [5, 5.41) is 4.88. The molecule has 7 nitrogen and oxygen atoms in total. The molecule has 1 heterocycles. The predicted octanol–water partition coefficient (Wildman–Crippen LogP) is 2.79. The Morgan fingerprint density at radius 1 is 0.920 bits per heavy atom. The fourth-order valence-electron chi connectivity index (χ4n) is 2.28. The Bertz CT molecular complexity index is 967. The molecule has 0 fully saturated rings. The van der Waals surface area contributed by atoms with E-state index < -0.39 is 11.9 Å². The van der Waals surface area contributed by atoms with Gasteiger partial charge in [-0.1, -0.05) is 0 Å². The number of nitrogens with one attached hydrogen (secondary N) is 2. The molecule has 0 saturated heterocycles. The number of nitrogens with two attached hydrogens (primary N) is 1. The van der Waals surface area contributed by atoms with Crippen molar-refractivity contribution in [3.8, 4) is 0 Å². The first-order valence-corrected chi connectivity index (χ1v) is 7.65. The topological polar surface area (TPSA) is 110 Å². The molecule has 0 spiro atoms. The number of aromatic nitrogens is 2. The monoisotopic (exact) mass is 335 g/mol. The highest BCUT2D eigenvalue weighted by Crippen LogP contribution is 2.17. The Balaban J connectivity index is 1.72. The molecule has 3 amide bonds. The van der Waals surface area contributed by atoms with Gasteiger partial charge in [0.25, 0.3) is 5.91 Å². The molecule has 4 N–H and O–H groups in total. The fraction of sp³-hybridized carbons (Fsp3) is 0.111. The molecule has 126 valence electrons. The summed E-state index contributed by atoms with van der Waals surface area (Å²) >= 11 is 0. The highest BCUT2D eigenvalue weighted by atomic mass is 16.2. The molecule has 3 aromatic rings. The van der Waals surface area contributed by atoms with Gasteiger partial charge in [-0.3, -0.25) is 10.1 Å². The highest BCUT2D eigenvalue weighted by Gasteiger charge is 2.11. The van der Waals surface area contributed by atoms with Gasteiger partial charge in [0.2, 0.25) is 0 Å². The van der Waals surface area contributed by atoms with E-state index >= 15 is 0 Å². The number of hydrogen-bond donors (Lipinski definition) is 3.